The van der Waals surface area contributed by atoms with Gasteiger partial charge in [0.15, 0.2) is 6.61 Å². The maximum absolute atomic E-state index is 12.6. The molecule has 148 valence electrons. The Bertz CT molecular complexity index is 1020. The van der Waals surface area contributed by atoms with E-state index >= 15 is 0 Å². The minimum Gasteiger partial charge on any atom is -0.483 e. The van der Waals surface area contributed by atoms with Crippen LogP contribution in [0.25, 0.3) is 10.8 Å². The second kappa shape index (κ2) is 8.66. The van der Waals surface area contributed by atoms with E-state index in [1.54, 1.807) is 9.80 Å². The Labute approximate surface area is 178 Å². The summed E-state index contributed by atoms with van der Waals surface area (Å²) in [5.74, 6) is 0.644. The predicted molar refractivity (Wildman–Crippen MR) is 116 cm³/mol. The number of nitrogens with zero attached hydrogens (tertiary/aromatic N) is 2. The highest BCUT2D eigenvalue weighted by Gasteiger charge is 2.25. The highest BCUT2D eigenvalue weighted by atomic mass is 79.9. The van der Waals surface area contributed by atoms with Crippen LogP contribution in [0.3, 0.4) is 0 Å². The van der Waals surface area contributed by atoms with Gasteiger partial charge in [-0.2, -0.15) is 0 Å². The average molecular weight is 453 g/mol. The van der Waals surface area contributed by atoms with Crippen molar-refractivity contribution in [1.82, 2.24) is 9.80 Å². The summed E-state index contributed by atoms with van der Waals surface area (Å²) in [6, 6.07) is 21.1. The van der Waals surface area contributed by atoms with Gasteiger partial charge in [-0.25, -0.2) is 0 Å². The molecule has 0 radical (unpaired) electrons. The lowest BCUT2D eigenvalue weighted by Crippen LogP contribution is -2.51. The van der Waals surface area contributed by atoms with Gasteiger partial charge < -0.3 is 14.5 Å². The first-order valence-corrected chi connectivity index (χ1v) is 10.3. The van der Waals surface area contributed by atoms with Crippen LogP contribution in [0, 0.1) is 0 Å². The van der Waals surface area contributed by atoms with E-state index in [9.17, 15) is 9.59 Å². The van der Waals surface area contributed by atoms with Crippen LogP contribution >= 0.6 is 15.9 Å². The highest BCUT2D eigenvalue weighted by molar-refractivity contribution is 9.10. The van der Waals surface area contributed by atoms with Gasteiger partial charge in [-0.15, -0.1) is 0 Å². The van der Waals surface area contributed by atoms with Gasteiger partial charge in [0, 0.05) is 41.6 Å². The number of piperazine rings is 1. The van der Waals surface area contributed by atoms with Crippen LogP contribution in [-0.2, 0) is 4.79 Å². The molecule has 1 fully saturated rings. The van der Waals surface area contributed by atoms with E-state index in [-0.39, 0.29) is 18.4 Å². The molecule has 1 aliphatic rings. The molecule has 3 aromatic rings. The Balaban J connectivity index is 1.32. The van der Waals surface area contributed by atoms with Gasteiger partial charge in [0.1, 0.15) is 5.75 Å². The normalized spacial score (nSPS) is 14.1. The number of hydrogen-bond acceptors (Lipinski definition) is 3. The van der Waals surface area contributed by atoms with Crippen molar-refractivity contribution in [3.05, 3.63) is 76.8 Å². The van der Waals surface area contributed by atoms with Crippen molar-refractivity contribution in [2.24, 2.45) is 0 Å². The molecule has 2 amide bonds. The number of amides is 2. The Kier molecular flexibility index (Phi) is 5.81. The Hall–Kier alpha value is -2.86. The van der Waals surface area contributed by atoms with Crippen molar-refractivity contribution in [1.29, 1.82) is 0 Å². The molecule has 0 aliphatic carbocycles. The molecule has 4 rings (SSSR count). The molecule has 29 heavy (non-hydrogen) atoms. The third kappa shape index (κ3) is 4.43. The fourth-order valence-electron chi connectivity index (χ4n) is 3.49. The van der Waals surface area contributed by atoms with Gasteiger partial charge in [-0.1, -0.05) is 52.3 Å². The van der Waals surface area contributed by atoms with Crippen LogP contribution in [-0.4, -0.2) is 54.4 Å². The van der Waals surface area contributed by atoms with Crippen LogP contribution in [0.4, 0.5) is 0 Å². The summed E-state index contributed by atoms with van der Waals surface area (Å²) in [5, 5.41) is 2.07. The second-order valence-electron chi connectivity index (χ2n) is 6.95. The molecule has 0 atom stereocenters. The largest absolute Gasteiger partial charge is 0.483 e. The maximum atomic E-state index is 12.6. The van der Waals surface area contributed by atoms with E-state index in [1.807, 2.05) is 66.7 Å². The highest BCUT2D eigenvalue weighted by Crippen LogP contribution is 2.25. The first kappa shape index (κ1) is 19.5. The summed E-state index contributed by atoms with van der Waals surface area (Å²) < 4.78 is 6.75. The van der Waals surface area contributed by atoms with Crippen LogP contribution in [0.15, 0.2) is 71.2 Å². The van der Waals surface area contributed by atoms with E-state index in [2.05, 4.69) is 15.9 Å². The van der Waals surface area contributed by atoms with E-state index in [4.69, 9.17) is 4.74 Å². The first-order chi connectivity index (χ1) is 14.1. The zero-order valence-corrected chi connectivity index (χ0v) is 17.5. The van der Waals surface area contributed by atoms with Crippen molar-refractivity contribution < 1.29 is 14.3 Å². The van der Waals surface area contributed by atoms with Gasteiger partial charge in [0.2, 0.25) is 0 Å². The molecule has 1 saturated heterocycles. The number of benzene rings is 3. The van der Waals surface area contributed by atoms with E-state index in [0.29, 0.717) is 37.5 Å². The number of hydrogen-bond donors (Lipinski definition) is 0. The van der Waals surface area contributed by atoms with E-state index < -0.39 is 0 Å². The first-order valence-electron chi connectivity index (χ1n) is 9.55. The molecule has 1 heterocycles. The van der Waals surface area contributed by atoms with Crippen LogP contribution in [0.5, 0.6) is 5.75 Å². The zero-order chi connectivity index (χ0) is 20.2. The molecule has 0 unspecified atom stereocenters. The van der Waals surface area contributed by atoms with Crippen molar-refractivity contribution in [2.45, 2.75) is 0 Å². The number of carbonyl (C=O) groups excluding carboxylic acids is 2. The van der Waals surface area contributed by atoms with Crippen molar-refractivity contribution in [3.8, 4) is 5.75 Å². The van der Waals surface area contributed by atoms with Gasteiger partial charge in [-0.05, 0) is 35.7 Å². The number of fused-ring (bicyclic) bond motifs is 1. The summed E-state index contributed by atoms with van der Waals surface area (Å²) in [6.07, 6.45) is 0. The van der Waals surface area contributed by atoms with E-state index in [0.717, 1.165) is 15.2 Å². The summed E-state index contributed by atoms with van der Waals surface area (Å²) in [7, 11) is 0. The number of halogens is 1. The lowest BCUT2D eigenvalue weighted by atomic mass is 10.1. The second-order valence-corrected chi connectivity index (χ2v) is 7.86. The molecule has 0 saturated carbocycles. The SMILES string of the molecule is O=C(COc1cccc2ccccc12)N1CCN(C(=O)c2ccc(Br)cc2)CC1. The fraction of sp³-hybridized carbons (Fsp3) is 0.217. The molecule has 3 aromatic carbocycles. The van der Waals surface area contributed by atoms with E-state index in [1.165, 1.54) is 0 Å². The molecule has 0 aromatic heterocycles. The lowest BCUT2D eigenvalue weighted by Gasteiger charge is -2.34. The average Bonchev–Trinajstić information content (AvgIpc) is 2.77. The van der Waals surface area contributed by atoms with Crippen LogP contribution < -0.4 is 4.74 Å². The Morgan fingerprint density at radius 2 is 1.48 bits per heavy atom. The van der Waals surface area contributed by atoms with Gasteiger partial charge in [0.25, 0.3) is 11.8 Å². The maximum Gasteiger partial charge on any atom is 0.260 e. The molecule has 0 spiro atoms. The molecule has 6 heteroatoms. The molecular weight excluding hydrogens is 432 g/mol. The molecule has 0 N–H and O–H groups in total. The number of ether oxygens (including phenoxy) is 1. The molecule has 1 aliphatic heterocycles. The summed E-state index contributed by atoms with van der Waals surface area (Å²) in [5.41, 5.74) is 0.660. The van der Waals surface area contributed by atoms with Crippen molar-refractivity contribution >= 4 is 38.5 Å². The molecular formula is C23H21BrN2O3. The summed E-state index contributed by atoms with van der Waals surface area (Å²) >= 11 is 3.38. The van der Waals surface area contributed by atoms with Crippen molar-refractivity contribution in [2.75, 3.05) is 32.8 Å². The lowest BCUT2D eigenvalue weighted by molar-refractivity contribution is -0.134. The molecule has 5 nitrogen and oxygen atoms in total. The van der Waals surface area contributed by atoms with Crippen molar-refractivity contribution in [3.63, 3.8) is 0 Å². The van der Waals surface area contributed by atoms with Gasteiger partial charge >= 0.3 is 0 Å². The number of rotatable bonds is 4. The Morgan fingerprint density at radius 3 is 2.24 bits per heavy atom. The zero-order valence-electron chi connectivity index (χ0n) is 15.9. The summed E-state index contributed by atoms with van der Waals surface area (Å²) in [4.78, 5) is 28.7. The van der Waals surface area contributed by atoms with Gasteiger partial charge in [-0.3, -0.25) is 9.59 Å². The standard InChI is InChI=1S/C23H21BrN2O3/c24-19-10-8-18(9-11-19)23(28)26-14-12-25(13-15-26)22(27)16-29-21-7-3-5-17-4-1-2-6-20(17)21/h1-11H,12-16H2. The van der Waals surface area contributed by atoms with Crippen LogP contribution in [0.2, 0.25) is 0 Å². The van der Waals surface area contributed by atoms with Crippen LogP contribution in [0.1, 0.15) is 10.4 Å². The third-order valence-corrected chi connectivity index (χ3v) is 5.64. The fourth-order valence-corrected chi connectivity index (χ4v) is 3.75. The Morgan fingerprint density at radius 1 is 0.828 bits per heavy atom. The minimum atomic E-state index is -0.0614. The molecule has 0 bridgehead atoms. The monoisotopic (exact) mass is 452 g/mol. The minimum absolute atomic E-state index is 0.00314. The third-order valence-electron chi connectivity index (χ3n) is 5.11. The quantitative estimate of drug-likeness (QED) is 0.601. The summed E-state index contributed by atoms with van der Waals surface area (Å²) in [6.45, 7) is 2.07. The topological polar surface area (TPSA) is 49.9 Å². The van der Waals surface area contributed by atoms with Gasteiger partial charge in [0.05, 0.1) is 0 Å². The number of carbonyl (C=O) groups is 2. The smallest absolute Gasteiger partial charge is 0.260 e. The predicted octanol–water partition coefficient (Wildman–Crippen LogP) is 3.97.